The van der Waals surface area contributed by atoms with Crippen LogP contribution in [0.4, 0.5) is 17.6 Å². The maximum atomic E-state index is 13.9. The van der Waals surface area contributed by atoms with Crippen molar-refractivity contribution in [3.05, 3.63) is 77.6 Å². The number of halogens is 4. The lowest BCUT2D eigenvalue weighted by atomic mass is 10.0. The lowest BCUT2D eigenvalue weighted by Crippen LogP contribution is -2.29. The number of aromatic nitrogens is 3. The molecule has 0 radical (unpaired) electrons. The van der Waals surface area contributed by atoms with Crippen LogP contribution in [-0.2, 0) is 24.6 Å². The molecule has 4 rings (SSSR count). The highest BCUT2D eigenvalue weighted by Crippen LogP contribution is 2.40. The van der Waals surface area contributed by atoms with Gasteiger partial charge in [0.25, 0.3) is 5.91 Å². The Morgan fingerprint density at radius 3 is 2.48 bits per heavy atom. The molecular formula is C23H18F4N4O2. The highest BCUT2D eigenvalue weighted by Gasteiger charge is 2.36. The number of fused-ring (bicyclic) bond motifs is 1. The molecule has 6 nitrogen and oxygen atoms in total. The van der Waals surface area contributed by atoms with E-state index in [0.717, 1.165) is 6.07 Å². The van der Waals surface area contributed by atoms with Gasteiger partial charge >= 0.3 is 6.18 Å². The number of aryl methyl sites for hydroxylation is 1. The smallest absolute Gasteiger partial charge is 0.417 e. The third kappa shape index (κ3) is 4.79. The van der Waals surface area contributed by atoms with E-state index in [2.05, 4.69) is 15.4 Å². The van der Waals surface area contributed by atoms with Crippen molar-refractivity contribution in [1.82, 2.24) is 20.1 Å². The molecule has 0 saturated carbocycles. The molecule has 2 aromatic heterocycles. The van der Waals surface area contributed by atoms with Crippen molar-refractivity contribution in [2.24, 2.45) is 7.05 Å². The van der Waals surface area contributed by atoms with E-state index in [1.807, 2.05) is 0 Å². The highest BCUT2D eigenvalue weighted by molar-refractivity contribution is 5.94. The lowest BCUT2D eigenvalue weighted by molar-refractivity contribution is -0.136. The van der Waals surface area contributed by atoms with Crippen LogP contribution in [0.15, 0.2) is 60.7 Å². The predicted molar refractivity (Wildman–Crippen MR) is 113 cm³/mol. The summed E-state index contributed by atoms with van der Waals surface area (Å²) < 4.78 is 61.9. The van der Waals surface area contributed by atoms with Crippen LogP contribution in [0.5, 0.6) is 5.88 Å². The number of hydrogen-bond acceptors (Lipinski definition) is 4. The van der Waals surface area contributed by atoms with Crippen molar-refractivity contribution >= 4 is 16.9 Å². The molecule has 2 heterocycles. The maximum absolute atomic E-state index is 13.9. The number of carbonyl (C=O) groups is 1. The molecule has 0 unspecified atom stereocenters. The quantitative estimate of drug-likeness (QED) is 0.433. The van der Waals surface area contributed by atoms with E-state index in [1.54, 1.807) is 36.4 Å². The number of hydrogen-bond donors (Lipinski definition) is 1. The van der Waals surface area contributed by atoms with Gasteiger partial charge in [-0.2, -0.15) is 23.3 Å². The van der Waals surface area contributed by atoms with Crippen LogP contribution in [0.2, 0.25) is 0 Å². The van der Waals surface area contributed by atoms with Gasteiger partial charge in [-0.15, -0.1) is 0 Å². The second-order valence-corrected chi connectivity index (χ2v) is 7.20. The normalized spacial score (nSPS) is 11.5. The van der Waals surface area contributed by atoms with Gasteiger partial charge in [0, 0.05) is 30.8 Å². The summed E-state index contributed by atoms with van der Waals surface area (Å²) in [6, 6.07) is 15.1. The molecule has 2 aromatic carbocycles. The van der Waals surface area contributed by atoms with Crippen molar-refractivity contribution in [1.29, 1.82) is 0 Å². The van der Waals surface area contributed by atoms with Crippen molar-refractivity contribution in [2.75, 3.05) is 6.61 Å². The molecule has 10 heteroatoms. The van der Waals surface area contributed by atoms with Crippen LogP contribution in [0.25, 0.3) is 22.3 Å². The van der Waals surface area contributed by atoms with Crippen molar-refractivity contribution in [3.8, 4) is 17.1 Å². The third-order valence-electron chi connectivity index (χ3n) is 4.91. The summed E-state index contributed by atoms with van der Waals surface area (Å²) in [6.45, 7) is -0.676. The summed E-state index contributed by atoms with van der Waals surface area (Å²) in [7, 11) is 1.48. The van der Waals surface area contributed by atoms with Gasteiger partial charge in [0.1, 0.15) is 11.5 Å². The third-order valence-corrected chi connectivity index (χ3v) is 4.91. The molecule has 0 aliphatic carbocycles. The Kier molecular flexibility index (Phi) is 5.99. The fraction of sp³-hybridized carbons (Fsp3) is 0.174. The Bertz CT molecular complexity index is 1300. The van der Waals surface area contributed by atoms with E-state index in [0.29, 0.717) is 5.56 Å². The van der Waals surface area contributed by atoms with E-state index in [9.17, 15) is 22.4 Å². The number of carbonyl (C=O) groups excluding carboxylic acids is 1. The minimum Gasteiger partial charge on any atom is -0.467 e. The van der Waals surface area contributed by atoms with E-state index in [-0.39, 0.29) is 34.7 Å². The van der Waals surface area contributed by atoms with Crippen molar-refractivity contribution in [2.45, 2.75) is 12.7 Å². The fourth-order valence-electron chi connectivity index (χ4n) is 3.35. The zero-order valence-corrected chi connectivity index (χ0v) is 17.4. The molecule has 170 valence electrons. The zero-order chi connectivity index (χ0) is 23.6. The summed E-state index contributed by atoms with van der Waals surface area (Å²) in [5.74, 6) is -1.49. The minimum absolute atomic E-state index is 0.0366. The van der Waals surface area contributed by atoms with Gasteiger partial charge < -0.3 is 10.1 Å². The number of alkyl halides is 3. The summed E-state index contributed by atoms with van der Waals surface area (Å²) in [5, 5.41) is 6.52. The summed E-state index contributed by atoms with van der Waals surface area (Å²) >= 11 is 0. The largest absolute Gasteiger partial charge is 0.467 e. The molecule has 0 saturated heterocycles. The minimum atomic E-state index is -4.71. The van der Waals surface area contributed by atoms with Gasteiger partial charge in [-0.05, 0) is 6.07 Å². The number of amides is 1. The van der Waals surface area contributed by atoms with Gasteiger partial charge in [-0.3, -0.25) is 4.79 Å². The zero-order valence-electron chi connectivity index (χ0n) is 17.4. The van der Waals surface area contributed by atoms with Crippen LogP contribution in [0.3, 0.4) is 0 Å². The van der Waals surface area contributed by atoms with E-state index >= 15 is 0 Å². The van der Waals surface area contributed by atoms with Crippen LogP contribution in [0, 0.1) is 5.82 Å². The Hall–Kier alpha value is -3.95. The van der Waals surface area contributed by atoms with Gasteiger partial charge in [0.05, 0.1) is 10.9 Å². The first kappa shape index (κ1) is 22.3. The number of ether oxygens (including phenoxy) is 1. The topological polar surface area (TPSA) is 69.0 Å². The standard InChI is InChI=1S/C23H18F4N4O2/c1-31-22-20(21(30-31)14-7-3-2-4-8-14)16(23(25,26)27)11-19(29-22)33-13-18(32)28-12-15-9-5-6-10-17(15)24/h2-11H,12-13H2,1H3,(H,28,32). The second-order valence-electron chi connectivity index (χ2n) is 7.20. The van der Waals surface area contributed by atoms with Crippen molar-refractivity contribution < 1.29 is 27.1 Å². The molecule has 0 aliphatic heterocycles. The Morgan fingerprint density at radius 2 is 1.79 bits per heavy atom. The average Bonchev–Trinajstić information content (AvgIpc) is 3.13. The summed E-state index contributed by atoms with van der Waals surface area (Å²) in [6.07, 6.45) is -4.71. The Labute approximate surface area is 185 Å². The van der Waals surface area contributed by atoms with Gasteiger partial charge in [-0.1, -0.05) is 48.5 Å². The van der Waals surface area contributed by atoms with Gasteiger partial charge in [0.15, 0.2) is 12.3 Å². The summed E-state index contributed by atoms with van der Waals surface area (Å²) in [4.78, 5) is 16.2. The molecular weight excluding hydrogens is 440 g/mol. The van der Waals surface area contributed by atoms with E-state index in [1.165, 1.54) is 29.9 Å². The molecule has 0 bridgehead atoms. The number of benzene rings is 2. The van der Waals surface area contributed by atoms with Gasteiger partial charge in [-0.25, -0.2) is 9.07 Å². The van der Waals surface area contributed by atoms with E-state index < -0.39 is 30.1 Å². The maximum Gasteiger partial charge on any atom is 0.417 e. The first-order chi connectivity index (χ1) is 15.7. The molecule has 0 aliphatic rings. The van der Waals surface area contributed by atoms with Crippen LogP contribution < -0.4 is 10.1 Å². The molecule has 0 atom stereocenters. The molecule has 0 spiro atoms. The monoisotopic (exact) mass is 458 g/mol. The predicted octanol–water partition coefficient (Wildman–Crippen LogP) is 4.49. The Balaban J connectivity index is 1.59. The lowest BCUT2D eigenvalue weighted by Gasteiger charge is -2.12. The van der Waals surface area contributed by atoms with Gasteiger partial charge in [0.2, 0.25) is 5.88 Å². The second kappa shape index (κ2) is 8.89. The average molecular weight is 458 g/mol. The number of pyridine rings is 1. The molecule has 1 N–H and O–H groups in total. The number of nitrogens with one attached hydrogen (secondary N) is 1. The van der Waals surface area contributed by atoms with Crippen LogP contribution in [-0.4, -0.2) is 27.3 Å². The first-order valence-electron chi connectivity index (χ1n) is 9.87. The van der Waals surface area contributed by atoms with Crippen molar-refractivity contribution in [3.63, 3.8) is 0 Å². The fourth-order valence-corrected chi connectivity index (χ4v) is 3.35. The van der Waals surface area contributed by atoms with E-state index in [4.69, 9.17) is 4.74 Å². The Morgan fingerprint density at radius 1 is 1.09 bits per heavy atom. The highest BCUT2D eigenvalue weighted by atomic mass is 19.4. The molecule has 0 fully saturated rings. The molecule has 33 heavy (non-hydrogen) atoms. The molecule has 1 amide bonds. The summed E-state index contributed by atoms with van der Waals surface area (Å²) in [5.41, 5.74) is -0.0848. The SMILES string of the molecule is Cn1nc(-c2ccccc2)c2c(C(F)(F)F)cc(OCC(=O)NCc3ccccc3F)nc21. The number of nitrogens with zero attached hydrogens (tertiary/aromatic N) is 3. The number of rotatable bonds is 6. The van der Waals surface area contributed by atoms with Crippen LogP contribution >= 0.6 is 0 Å². The first-order valence-corrected chi connectivity index (χ1v) is 9.87. The van der Waals surface area contributed by atoms with Crippen LogP contribution in [0.1, 0.15) is 11.1 Å². The molecule has 4 aromatic rings.